The van der Waals surface area contributed by atoms with Crippen LogP contribution in [0, 0.1) is 0 Å². The molecular formula is C14H20Br2N2O2S. The van der Waals surface area contributed by atoms with Gasteiger partial charge >= 0.3 is 0 Å². The van der Waals surface area contributed by atoms with E-state index in [9.17, 15) is 8.42 Å². The van der Waals surface area contributed by atoms with Gasteiger partial charge in [-0.3, -0.25) is 0 Å². The van der Waals surface area contributed by atoms with Crippen molar-refractivity contribution in [1.82, 2.24) is 9.62 Å². The van der Waals surface area contributed by atoms with E-state index in [0.29, 0.717) is 11.0 Å². The molecule has 1 N–H and O–H groups in total. The van der Waals surface area contributed by atoms with Crippen molar-refractivity contribution in [2.75, 3.05) is 26.2 Å². The van der Waals surface area contributed by atoms with Gasteiger partial charge in [0.15, 0.2) is 0 Å². The van der Waals surface area contributed by atoms with Crippen LogP contribution in [0.25, 0.3) is 0 Å². The number of nitrogens with one attached hydrogen (secondary N) is 1. The average molecular weight is 440 g/mol. The van der Waals surface area contributed by atoms with Crippen molar-refractivity contribution in [3.63, 3.8) is 0 Å². The Hall–Kier alpha value is 0.0500. The molecule has 1 saturated heterocycles. The fourth-order valence-electron chi connectivity index (χ4n) is 2.47. The first-order valence-corrected chi connectivity index (χ1v) is 10.2. The molecular weight excluding hydrogens is 420 g/mol. The topological polar surface area (TPSA) is 49.4 Å². The van der Waals surface area contributed by atoms with Gasteiger partial charge in [-0.25, -0.2) is 13.1 Å². The predicted molar refractivity (Wildman–Crippen MR) is 91.9 cm³/mol. The van der Waals surface area contributed by atoms with Crippen LogP contribution in [0.15, 0.2) is 32.0 Å². The number of nitrogens with zero attached hydrogens (tertiary/aromatic N) is 1. The van der Waals surface area contributed by atoms with E-state index in [1.165, 1.54) is 25.7 Å². The van der Waals surface area contributed by atoms with Crippen molar-refractivity contribution in [2.45, 2.75) is 30.6 Å². The van der Waals surface area contributed by atoms with Crippen LogP contribution in [-0.4, -0.2) is 39.5 Å². The molecule has 0 aliphatic carbocycles. The summed E-state index contributed by atoms with van der Waals surface area (Å²) in [6, 6.07) is 5.07. The van der Waals surface area contributed by atoms with Crippen LogP contribution in [0.3, 0.4) is 0 Å². The standard InChI is InChI=1S/C14H20Br2N2O2S/c15-12-5-6-14(13(16)11-12)21(19,20)17-7-10-18-8-3-1-2-4-9-18/h5-6,11,17H,1-4,7-10H2. The Morgan fingerprint density at radius 1 is 1.10 bits per heavy atom. The highest BCUT2D eigenvalue weighted by Crippen LogP contribution is 2.25. The summed E-state index contributed by atoms with van der Waals surface area (Å²) in [5, 5.41) is 0. The predicted octanol–water partition coefficient (Wildman–Crippen LogP) is 3.37. The minimum Gasteiger partial charge on any atom is -0.302 e. The van der Waals surface area contributed by atoms with Gasteiger partial charge in [-0.15, -0.1) is 0 Å². The van der Waals surface area contributed by atoms with Crippen molar-refractivity contribution >= 4 is 41.9 Å². The number of rotatable bonds is 5. The molecule has 7 heteroatoms. The second-order valence-electron chi connectivity index (χ2n) is 5.23. The molecule has 1 aliphatic rings. The van der Waals surface area contributed by atoms with Gasteiger partial charge in [-0.2, -0.15) is 0 Å². The van der Waals surface area contributed by atoms with Crippen molar-refractivity contribution in [2.24, 2.45) is 0 Å². The van der Waals surface area contributed by atoms with Gasteiger partial charge in [0.05, 0.1) is 4.90 Å². The molecule has 1 aliphatic heterocycles. The first-order chi connectivity index (χ1) is 9.99. The summed E-state index contributed by atoms with van der Waals surface area (Å²) in [6.07, 6.45) is 5.00. The van der Waals surface area contributed by atoms with E-state index in [1.54, 1.807) is 18.2 Å². The summed E-state index contributed by atoms with van der Waals surface area (Å²) in [5.41, 5.74) is 0. The molecule has 0 aromatic heterocycles. The average Bonchev–Trinajstić information content (AvgIpc) is 2.66. The molecule has 1 fully saturated rings. The molecule has 1 heterocycles. The Kier molecular flexibility index (Phi) is 6.68. The third-order valence-corrected chi connectivity index (χ3v) is 6.53. The summed E-state index contributed by atoms with van der Waals surface area (Å²) in [6.45, 7) is 3.37. The summed E-state index contributed by atoms with van der Waals surface area (Å²) in [5.74, 6) is 0. The Labute approximate surface area is 143 Å². The third kappa shape index (κ3) is 5.32. The van der Waals surface area contributed by atoms with Crippen molar-refractivity contribution in [3.05, 3.63) is 27.1 Å². The molecule has 0 spiro atoms. The monoisotopic (exact) mass is 438 g/mol. The van der Waals surface area contributed by atoms with Crippen LogP contribution in [0.5, 0.6) is 0 Å². The normalized spacial score (nSPS) is 17.6. The number of benzene rings is 1. The van der Waals surface area contributed by atoms with Gasteiger partial charge < -0.3 is 4.90 Å². The lowest BCUT2D eigenvalue weighted by Crippen LogP contribution is -2.35. The fourth-order valence-corrected chi connectivity index (χ4v) is 5.23. The lowest BCUT2D eigenvalue weighted by molar-refractivity contribution is 0.290. The quantitative estimate of drug-likeness (QED) is 0.765. The van der Waals surface area contributed by atoms with Crippen LogP contribution >= 0.6 is 31.9 Å². The first kappa shape index (κ1) is 17.4. The minimum absolute atomic E-state index is 0.279. The maximum absolute atomic E-state index is 12.3. The van der Waals surface area contributed by atoms with E-state index in [4.69, 9.17) is 0 Å². The fraction of sp³-hybridized carbons (Fsp3) is 0.571. The maximum atomic E-state index is 12.3. The van der Waals surface area contributed by atoms with E-state index in [2.05, 4.69) is 41.5 Å². The minimum atomic E-state index is -3.46. The summed E-state index contributed by atoms with van der Waals surface area (Å²) >= 11 is 6.63. The number of hydrogen-bond acceptors (Lipinski definition) is 3. The van der Waals surface area contributed by atoms with Gasteiger partial charge in [0.2, 0.25) is 10.0 Å². The zero-order valence-corrected chi connectivity index (χ0v) is 15.8. The Bertz CT molecular complexity index is 570. The highest BCUT2D eigenvalue weighted by atomic mass is 79.9. The summed E-state index contributed by atoms with van der Waals surface area (Å²) < 4.78 is 28.7. The smallest absolute Gasteiger partial charge is 0.241 e. The largest absolute Gasteiger partial charge is 0.302 e. The van der Waals surface area contributed by atoms with E-state index < -0.39 is 10.0 Å². The molecule has 2 rings (SSSR count). The maximum Gasteiger partial charge on any atom is 0.241 e. The zero-order chi connectivity index (χ0) is 15.3. The molecule has 0 bridgehead atoms. The molecule has 0 unspecified atom stereocenters. The van der Waals surface area contributed by atoms with Crippen molar-refractivity contribution in [3.8, 4) is 0 Å². The van der Waals surface area contributed by atoms with Gasteiger partial charge in [-0.05, 0) is 60.1 Å². The van der Waals surface area contributed by atoms with E-state index in [0.717, 1.165) is 24.1 Å². The van der Waals surface area contributed by atoms with Crippen molar-refractivity contribution in [1.29, 1.82) is 0 Å². The molecule has 0 saturated carbocycles. The second-order valence-corrected chi connectivity index (χ2v) is 8.73. The molecule has 21 heavy (non-hydrogen) atoms. The number of halogens is 2. The number of sulfonamides is 1. The zero-order valence-electron chi connectivity index (χ0n) is 11.8. The second kappa shape index (κ2) is 8.06. The molecule has 0 radical (unpaired) electrons. The number of hydrogen-bond donors (Lipinski definition) is 1. The van der Waals surface area contributed by atoms with Crippen LogP contribution in [-0.2, 0) is 10.0 Å². The highest BCUT2D eigenvalue weighted by molar-refractivity contribution is 9.11. The SMILES string of the molecule is O=S(=O)(NCCN1CCCCCC1)c1ccc(Br)cc1Br. The van der Waals surface area contributed by atoms with Gasteiger partial charge in [0, 0.05) is 22.0 Å². The Balaban J connectivity index is 1.91. The molecule has 0 amide bonds. The van der Waals surface area contributed by atoms with E-state index in [1.807, 2.05) is 0 Å². The van der Waals surface area contributed by atoms with Crippen LogP contribution in [0.2, 0.25) is 0 Å². The third-order valence-electron chi connectivity index (χ3n) is 3.60. The lowest BCUT2D eigenvalue weighted by atomic mass is 10.2. The van der Waals surface area contributed by atoms with Gasteiger partial charge in [0.1, 0.15) is 0 Å². The van der Waals surface area contributed by atoms with E-state index in [-0.39, 0.29) is 4.90 Å². The Morgan fingerprint density at radius 3 is 2.38 bits per heavy atom. The summed E-state index contributed by atoms with van der Waals surface area (Å²) in [4.78, 5) is 2.62. The number of likely N-dealkylation sites (tertiary alicyclic amines) is 1. The molecule has 4 nitrogen and oxygen atoms in total. The first-order valence-electron chi connectivity index (χ1n) is 7.16. The summed E-state index contributed by atoms with van der Waals surface area (Å²) in [7, 11) is -3.46. The van der Waals surface area contributed by atoms with Crippen LogP contribution in [0.4, 0.5) is 0 Å². The van der Waals surface area contributed by atoms with E-state index >= 15 is 0 Å². The molecule has 118 valence electrons. The van der Waals surface area contributed by atoms with Gasteiger partial charge in [0.25, 0.3) is 0 Å². The molecule has 1 aromatic rings. The molecule has 0 atom stereocenters. The van der Waals surface area contributed by atoms with Gasteiger partial charge in [-0.1, -0.05) is 28.8 Å². The van der Waals surface area contributed by atoms with Crippen LogP contribution < -0.4 is 4.72 Å². The highest BCUT2D eigenvalue weighted by Gasteiger charge is 2.18. The molecule has 1 aromatic carbocycles. The van der Waals surface area contributed by atoms with Crippen LogP contribution in [0.1, 0.15) is 25.7 Å². The van der Waals surface area contributed by atoms with Crippen molar-refractivity contribution < 1.29 is 8.42 Å². The lowest BCUT2D eigenvalue weighted by Gasteiger charge is -2.19. The Morgan fingerprint density at radius 2 is 1.76 bits per heavy atom.